The maximum Gasteiger partial charge on any atom is 0.0834 e. The van der Waals surface area contributed by atoms with Crippen LogP contribution in [0.3, 0.4) is 0 Å². The van der Waals surface area contributed by atoms with E-state index in [9.17, 15) is 0 Å². The van der Waals surface area contributed by atoms with E-state index in [1.54, 1.807) is 15.6 Å². The van der Waals surface area contributed by atoms with Crippen LogP contribution in [0.2, 0.25) is 57.4 Å². The van der Waals surface area contributed by atoms with Crippen molar-refractivity contribution in [1.29, 1.82) is 0 Å². The highest BCUT2D eigenvalue weighted by atomic mass is 28.3. The van der Waals surface area contributed by atoms with Gasteiger partial charge in [0.2, 0.25) is 0 Å². The van der Waals surface area contributed by atoms with Gasteiger partial charge >= 0.3 is 0 Å². The van der Waals surface area contributed by atoms with E-state index < -0.39 is 24.2 Å². The van der Waals surface area contributed by atoms with Crippen LogP contribution in [-0.4, -0.2) is 24.2 Å². The van der Waals surface area contributed by atoms with Gasteiger partial charge in [-0.1, -0.05) is 141 Å². The van der Waals surface area contributed by atoms with Gasteiger partial charge in [-0.2, -0.15) is 0 Å². The van der Waals surface area contributed by atoms with Crippen LogP contribution in [0.15, 0.2) is 54.6 Å². The highest BCUT2D eigenvalue weighted by Gasteiger charge is 2.33. The molecular formula is C23H38Si3. The first-order chi connectivity index (χ1) is 12.1. The molecule has 2 aromatic carbocycles. The first kappa shape index (κ1) is 21.4. The molecule has 0 aliphatic carbocycles. The fraction of sp³-hybridized carbons (Fsp3) is 0.478. The van der Waals surface area contributed by atoms with E-state index in [1.165, 1.54) is 24.6 Å². The molecule has 0 saturated heterocycles. The minimum atomic E-state index is -1.38. The van der Waals surface area contributed by atoms with Crippen molar-refractivity contribution in [3.63, 3.8) is 0 Å². The molecule has 0 N–H and O–H groups in total. The molecule has 0 heterocycles. The third-order valence-corrected chi connectivity index (χ3v) is 16.8. The zero-order valence-corrected chi connectivity index (χ0v) is 21.0. The van der Waals surface area contributed by atoms with Gasteiger partial charge in [0.15, 0.2) is 0 Å². The molecule has 2 rings (SSSR count). The lowest BCUT2D eigenvalue weighted by atomic mass is 10.4. The summed E-state index contributed by atoms with van der Waals surface area (Å²) in [6.07, 6.45) is 1.31. The highest BCUT2D eigenvalue weighted by Crippen LogP contribution is 2.25. The van der Waals surface area contributed by atoms with E-state index in [0.717, 1.165) is 0 Å². The van der Waals surface area contributed by atoms with E-state index in [4.69, 9.17) is 0 Å². The molecular weight excluding hydrogens is 361 g/mol. The monoisotopic (exact) mass is 398 g/mol. The van der Waals surface area contributed by atoms with Gasteiger partial charge in [0.25, 0.3) is 0 Å². The second-order valence-corrected chi connectivity index (χ2v) is 24.5. The second-order valence-electron chi connectivity index (χ2n) is 9.89. The predicted octanol–water partition coefficient (Wildman–Crippen LogP) is 5.54. The topological polar surface area (TPSA) is 0 Å². The van der Waals surface area contributed by atoms with Crippen molar-refractivity contribution in [2.75, 3.05) is 0 Å². The van der Waals surface area contributed by atoms with Crippen molar-refractivity contribution in [3.8, 4) is 0 Å². The van der Waals surface area contributed by atoms with Crippen molar-refractivity contribution in [1.82, 2.24) is 0 Å². The summed E-state index contributed by atoms with van der Waals surface area (Å²) in [7, 11) is -3.95. The average molecular weight is 399 g/mol. The van der Waals surface area contributed by atoms with Gasteiger partial charge in [-0.15, -0.1) is 0 Å². The van der Waals surface area contributed by atoms with Crippen molar-refractivity contribution in [2.24, 2.45) is 0 Å². The summed E-state index contributed by atoms with van der Waals surface area (Å²) in [5.74, 6) is 0. The van der Waals surface area contributed by atoms with E-state index >= 15 is 0 Å². The van der Waals surface area contributed by atoms with E-state index in [2.05, 4.69) is 101 Å². The molecule has 0 spiro atoms. The molecule has 0 nitrogen and oxygen atoms in total. The van der Waals surface area contributed by atoms with Crippen LogP contribution in [0.4, 0.5) is 0 Å². The van der Waals surface area contributed by atoms with Crippen LogP contribution >= 0.6 is 0 Å². The lowest BCUT2D eigenvalue weighted by molar-refractivity contribution is 1.04. The Labute approximate surface area is 165 Å². The van der Waals surface area contributed by atoms with Crippen molar-refractivity contribution in [2.45, 2.75) is 70.8 Å². The number of hydrogen-bond donors (Lipinski definition) is 0. The van der Waals surface area contributed by atoms with Gasteiger partial charge in [-0.3, -0.25) is 0 Å². The first-order valence-electron chi connectivity index (χ1n) is 10.2. The molecule has 0 saturated carbocycles. The molecule has 0 amide bonds. The smallest absolute Gasteiger partial charge is 0.0656 e. The Balaban J connectivity index is 2.17. The van der Waals surface area contributed by atoms with Crippen molar-refractivity contribution < 1.29 is 0 Å². The fourth-order valence-corrected chi connectivity index (χ4v) is 14.1. The lowest BCUT2D eigenvalue weighted by Gasteiger charge is -2.32. The molecule has 1 unspecified atom stereocenters. The van der Waals surface area contributed by atoms with Crippen LogP contribution in [0.5, 0.6) is 0 Å². The van der Waals surface area contributed by atoms with E-state index in [1.807, 2.05) is 0 Å². The summed E-state index contributed by atoms with van der Waals surface area (Å²) in [6.45, 7) is 17.4. The summed E-state index contributed by atoms with van der Waals surface area (Å²) >= 11 is 0. The van der Waals surface area contributed by atoms with Gasteiger partial charge in [-0.05, 0) is 0 Å². The SMILES string of the molecule is CCC[Si](C)(CC[Si](C)(C)c1ccc([Si](C)(C)C)cc1)c1ccccc1. The number of hydrogen-bond acceptors (Lipinski definition) is 0. The van der Waals surface area contributed by atoms with E-state index in [0.29, 0.717) is 0 Å². The summed E-state index contributed by atoms with van der Waals surface area (Å²) in [5.41, 5.74) is 0. The Hall–Kier alpha value is -0.909. The fourth-order valence-electron chi connectivity index (χ4n) is 3.96. The predicted molar refractivity (Wildman–Crippen MR) is 129 cm³/mol. The van der Waals surface area contributed by atoms with Gasteiger partial charge in [-0.25, -0.2) is 0 Å². The van der Waals surface area contributed by atoms with Crippen LogP contribution in [-0.2, 0) is 0 Å². The Kier molecular flexibility index (Phi) is 6.92. The maximum absolute atomic E-state index is 2.62. The Morgan fingerprint density at radius 3 is 1.62 bits per heavy atom. The molecule has 0 aliphatic heterocycles. The summed E-state index contributed by atoms with van der Waals surface area (Å²) < 4.78 is 0. The second kappa shape index (κ2) is 8.41. The highest BCUT2D eigenvalue weighted by molar-refractivity contribution is 6.95. The summed E-state index contributed by atoms with van der Waals surface area (Å²) in [4.78, 5) is 0. The summed E-state index contributed by atoms with van der Waals surface area (Å²) in [6, 6.07) is 25.4. The standard InChI is InChI=1S/C23H38Si3/c1-8-18-26(7,23-12-10-9-11-13-23)20-19-25(5,6)22-16-14-21(15-17-22)24(2,3)4/h9-17H,8,18-20H2,1-7H3. The van der Waals surface area contributed by atoms with E-state index in [-0.39, 0.29) is 0 Å². The zero-order chi connectivity index (χ0) is 19.4. The first-order valence-corrected chi connectivity index (χ1v) is 19.9. The molecule has 0 aromatic heterocycles. The number of benzene rings is 2. The molecule has 0 radical (unpaired) electrons. The van der Waals surface area contributed by atoms with Crippen molar-refractivity contribution >= 4 is 39.8 Å². The van der Waals surface area contributed by atoms with Gasteiger partial charge in [0.1, 0.15) is 0 Å². The summed E-state index contributed by atoms with van der Waals surface area (Å²) in [5, 5.41) is 4.88. The minimum Gasteiger partial charge on any atom is -0.0656 e. The normalized spacial score (nSPS) is 14.9. The van der Waals surface area contributed by atoms with Gasteiger partial charge in [0.05, 0.1) is 24.2 Å². The van der Waals surface area contributed by atoms with Gasteiger partial charge in [0, 0.05) is 0 Å². The van der Waals surface area contributed by atoms with Crippen LogP contribution in [0, 0.1) is 0 Å². The molecule has 0 aliphatic rings. The molecule has 1 atom stereocenters. The average Bonchev–Trinajstić information content (AvgIpc) is 2.61. The van der Waals surface area contributed by atoms with Crippen LogP contribution in [0.25, 0.3) is 0 Å². The van der Waals surface area contributed by atoms with Crippen LogP contribution < -0.4 is 15.6 Å². The Bertz CT molecular complexity index is 684. The third kappa shape index (κ3) is 5.30. The van der Waals surface area contributed by atoms with Crippen LogP contribution in [0.1, 0.15) is 13.3 Å². The molecule has 142 valence electrons. The molecule has 26 heavy (non-hydrogen) atoms. The number of rotatable bonds is 8. The molecule has 0 fully saturated rings. The lowest BCUT2D eigenvalue weighted by Crippen LogP contribution is -2.49. The molecule has 0 bridgehead atoms. The van der Waals surface area contributed by atoms with Crippen molar-refractivity contribution in [3.05, 3.63) is 54.6 Å². The third-order valence-electron chi connectivity index (χ3n) is 6.11. The van der Waals surface area contributed by atoms with Gasteiger partial charge < -0.3 is 0 Å². The largest absolute Gasteiger partial charge is 0.0834 e. The maximum atomic E-state index is 2.62. The Morgan fingerprint density at radius 1 is 0.577 bits per heavy atom. The Morgan fingerprint density at radius 2 is 1.12 bits per heavy atom. The quantitative estimate of drug-likeness (QED) is 0.512. The molecule has 3 heteroatoms. The zero-order valence-electron chi connectivity index (χ0n) is 18.0. The molecule has 2 aromatic rings. The minimum absolute atomic E-state index is 1.20.